The van der Waals surface area contributed by atoms with E-state index >= 15 is 0 Å². The molecule has 2 aromatic carbocycles. The minimum atomic E-state index is -0.833. The van der Waals surface area contributed by atoms with Crippen molar-refractivity contribution in [3.63, 3.8) is 0 Å². The molecule has 6 heteroatoms. The average Bonchev–Trinajstić information content (AvgIpc) is 3.44. The third-order valence-corrected chi connectivity index (χ3v) is 5.40. The summed E-state index contributed by atoms with van der Waals surface area (Å²) in [5, 5.41) is 4.68. The minimum absolute atomic E-state index is 0.145. The van der Waals surface area contributed by atoms with E-state index in [1.807, 2.05) is 61.5 Å². The summed E-state index contributed by atoms with van der Waals surface area (Å²) in [7, 11) is 0. The molecule has 1 saturated heterocycles. The number of esters is 1. The van der Waals surface area contributed by atoms with Crippen molar-refractivity contribution in [3.8, 4) is 16.9 Å². The second-order valence-corrected chi connectivity index (χ2v) is 7.57. The molecule has 1 amide bonds. The quantitative estimate of drug-likeness (QED) is 0.604. The maximum absolute atomic E-state index is 13.1. The number of rotatable bonds is 5. The molecule has 154 valence electrons. The van der Waals surface area contributed by atoms with Gasteiger partial charge in [0.15, 0.2) is 6.10 Å². The number of para-hydroxylation sites is 1. The Balaban J connectivity index is 1.67. The van der Waals surface area contributed by atoms with Crippen LogP contribution >= 0.6 is 0 Å². The molecule has 0 bridgehead atoms. The van der Waals surface area contributed by atoms with Crippen LogP contribution in [-0.2, 0) is 9.53 Å². The largest absolute Gasteiger partial charge is 0.449 e. The molecule has 6 nitrogen and oxygen atoms in total. The summed E-state index contributed by atoms with van der Waals surface area (Å²) in [6, 6.07) is 17.4. The van der Waals surface area contributed by atoms with Gasteiger partial charge in [-0.1, -0.05) is 42.5 Å². The van der Waals surface area contributed by atoms with Crippen LogP contribution in [0.15, 0.2) is 60.8 Å². The number of aromatic nitrogens is 2. The van der Waals surface area contributed by atoms with Gasteiger partial charge >= 0.3 is 5.97 Å². The predicted molar refractivity (Wildman–Crippen MR) is 114 cm³/mol. The summed E-state index contributed by atoms with van der Waals surface area (Å²) in [6.45, 7) is 5.06. The third-order valence-electron chi connectivity index (χ3n) is 5.40. The van der Waals surface area contributed by atoms with Crippen LogP contribution in [0.4, 0.5) is 0 Å². The number of amides is 1. The van der Waals surface area contributed by atoms with Crippen molar-refractivity contribution < 1.29 is 14.3 Å². The number of carbonyl (C=O) groups is 2. The Kier molecular flexibility index (Phi) is 5.65. The van der Waals surface area contributed by atoms with Crippen LogP contribution in [0.25, 0.3) is 16.9 Å². The topological polar surface area (TPSA) is 64.4 Å². The Labute approximate surface area is 176 Å². The first-order valence-corrected chi connectivity index (χ1v) is 10.3. The van der Waals surface area contributed by atoms with Gasteiger partial charge in [-0.25, -0.2) is 9.48 Å². The summed E-state index contributed by atoms with van der Waals surface area (Å²) >= 11 is 0. The Bertz CT molecular complexity index is 1050. The Morgan fingerprint density at radius 2 is 1.67 bits per heavy atom. The Morgan fingerprint density at radius 3 is 2.37 bits per heavy atom. The average molecular weight is 403 g/mol. The van der Waals surface area contributed by atoms with Gasteiger partial charge in [0.25, 0.3) is 5.91 Å². The van der Waals surface area contributed by atoms with Crippen LogP contribution in [0.3, 0.4) is 0 Å². The molecule has 1 aliphatic heterocycles. The van der Waals surface area contributed by atoms with Gasteiger partial charge in [0.2, 0.25) is 0 Å². The number of hydrogen-bond donors (Lipinski definition) is 0. The number of benzene rings is 2. The smallest absolute Gasteiger partial charge is 0.342 e. The van der Waals surface area contributed by atoms with E-state index in [9.17, 15) is 9.59 Å². The summed E-state index contributed by atoms with van der Waals surface area (Å²) in [5.74, 6) is -0.691. The highest BCUT2D eigenvalue weighted by Gasteiger charge is 2.28. The first-order valence-electron chi connectivity index (χ1n) is 10.3. The zero-order chi connectivity index (χ0) is 21.1. The number of aryl methyl sites for hydroxylation is 1. The summed E-state index contributed by atoms with van der Waals surface area (Å²) in [4.78, 5) is 27.4. The van der Waals surface area contributed by atoms with Crippen molar-refractivity contribution in [2.75, 3.05) is 13.1 Å². The van der Waals surface area contributed by atoms with Crippen LogP contribution in [0.1, 0.15) is 35.7 Å². The van der Waals surface area contributed by atoms with E-state index in [2.05, 4.69) is 5.10 Å². The van der Waals surface area contributed by atoms with Gasteiger partial charge in [0, 0.05) is 24.8 Å². The van der Waals surface area contributed by atoms with E-state index in [-0.39, 0.29) is 5.91 Å². The van der Waals surface area contributed by atoms with Crippen LogP contribution in [0, 0.1) is 6.92 Å². The molecule has 0 radical (unpaired) electrons. The standard InChI is InChI=1S/C24H25N3O3/c1-17-10-6-7-13-20(17)22-21(16-27(25-22)19-11-4-3-5-12-19)24(29)30-18(2)23(28)26-14-8-9-15-26/h3-7,10-13,16,18H,8-9,14-15H2,1-2H3/t18-/m1/s1. The van der Waals surface area contributed by atoms with Gasteiger partial charge in [-0.3, -0.25) is 4.79 Å². The van der Waals surface area contributed by atoms with E-state index < -0.39 is 12.1 Å². The first-order chi connectivity index (χ1) is 14.5. The van der Waals surface area contributed by atoms with Crippen LogP contribution in [0.5, 0.6) is 0 Å². The number of likely N-dealkylation sites (tertiary alicyclic amines) is 1. The van der Waals surface area contributed by atoms with Crippen molar-refractivity contribution in [3.05, 3.63) is 71.9 Å². The van der Waals surface area contributed by atoms with E-state index in [1.165, 1.54) is 0 Å². The normalized spacial score (nSPS) is 14.5. The molecule has 1 atom stereocenters. The maximum Gasteiger partial charge on any atom is 0.342 e. The zero-order valence-corrected chi connectivity index (χ0v) is 17.2. The fourth-order valence-corrected chi connectivity index (χ4v) is 3.74. The molecule has 0 aliphatic carbocycles. The lowest BCUT2D eigenvalue weighted by Gasteiger charge is -2.20. The molecule has 0 spiro atoms. The molecule has 0 unspecified atom stereocenters. The van der Waals surface area contributed by atoms with E-state index in [4.69, 9.17) is 4.74 Å². The van der Waals surface area contributed by atoms with Gasteiger partial charge in [-0.2, -0.15) is 5.10 Å². The second-order valence-electron chi connectivity index (χ2n) is 7.57. The summed E-state index contributed by atoms with van der Waals surface area (Å²) < 4.78 is 7.25. The van der Waals surface area contributed by atoms with E-state index in [0.29, 0.717) is 11.3 Å². The first kappa shape index (κ1) is 19.9. The molecule has 1 aromatic heterocycles. The molecule has 4 rings (SSSR count). The number of nitrogens with zero attached hydrogens (tertiary/aromatic N) is 3. The third kappa shape index (κ3) is 3.99. The zero-order valence-electron chi connectivity index (χ0n) is 17.2. The van der Waals surface area contributed by atoms with Crippen molar-refractivity contribution in [2.24, 2.45) is 0 Å². The molecule has 1 aliphatic rings. The van der Waals surface area contributed by atoms with Crippen molar-refractivity contribution >= 4 is 11.9 Å². The lowest BCUT2D eigenvalue weighted by molar-refractivity contribution is -0.138. The molecule has 2 heterocycles. The minimum Gasteiger partial charge on any atom is -0.449 e. The van der Waals surface area contributed by atoms with Gasteiger partial charge < -0.3 is 9.64 Å². The van der Waals surface area contributed by atoms with Gasteiger partial charge in [-0.05, 0) is 44.4 Å². The van der Waals surface area contributed by atoms with Crippen molar-refractivity contribution in [1.82, 2.24) is 14.7 Å². The highest BCUT2D eigenvalue weighted by molar-refractivity contribution is 5.98. The monoisotopic (exact) mass is 403 g/mol. The number of carbonyl (C=O) groups excluding carboxylic acids is 2. The lowest BCUT2D eigenvalue weighted by atomic mass is 10.0. The highest BCUT2D eigenvalue weighted by atomic mass is 16.5. The van der Waals surface area contributed by atoms with Gasteiger partial charge in [0.05, 0.1) is 5.69 Å². The lowest BCUT2D eigenvalue weighted by Crippen LogP contribution is -2.38. The van der Waals surface area contributed by atoms with E-state index in [0.717, 1.165) is 42.7 Å². The molecule has 0 N–H and O–H groups in total. The van der Waals surface area contributed by atoms with Crippen molar-refractivity contribution in [1.29, 1.82) is 0 Å². The predicted octanol–water partition coefficient (Wildman–Crippen LogP) is 4.02. The Morgan fingerprint density at radius 1 is 1.00 bits per heavy atom. The van der Waals surface area contributed by atoms with Crippen molar-refractivity contribution in [2.45, 2.75) is 32.8 Å². The molecular formula is C24H25N3O3. The van der Waals surface area contributed by atoms with Gasteiger partial charge in [0.1, 0.15) is 11.3 Å². The summed E-state index contributed by atoms with van der Waals surface area (Å²) in [6.07, 6.45) is 2.83. The molecular weight excluding hydrogens is 378 g/mol. The maximum atomic E-state index is 13.1. The van der Waals surface area contributed by atoms with E-state index in [1.54, 1.807) is 22.7 Å². The molecule has 0 saturated carbocycles. The fourth-order valence-electron chi connectivity index (χ4n) is 3.74. The molecule has 30 heavy (non-hydrogen) atoms. The van der Waals surface area contributed by atoms with Crippen LogP contribution in [0.2, 0.25) is 0 Å². The number of hydrogen-bond acceptors (Lipinski definition) is 4. The second kappa shape index (κ2) is 8.53. The van der Waals surface area contributed by atoms with Crippen LogP contribution in [-0.4, -0.2) is 45.8 Å². The molecule has 3 aromatic rings. The SMILES string of the molecule is Cc1ccccc1-c1nn(-c2ccccc2)cc1C(=O)O[C@H](C)C(=O)N1CCCC1. The Hall–Kier alpha value is -3.41. The van der Waals surface area contributed by atoms with Gasteiger partial charge in [-0.15, -0.1) is 0 Å². The van der Waals surface area contributed by atoms with Crippen LogP contribution < -0.4 is 0 Å². The summed E-state index contributed by atoms with van der Waals surface area (Å²) in [5.41, 5.74) is 3.59. The molecule has 1 fully saturated rings. The number of ether oxygens (including phenoxy) is 1. The highest BCUT2D eigenvalue weighted by Crippen LogP contribution is 2.27. The fraction of sp³-hybridized carbons (Fsp3) is 0.292.